The van der Waals surface area contributed by atoms with E-state index in [1.54, 1.807) is 0 Å². The van der Waals surface area contributed by atoms with Crippen molar-refractivity contribution >= 4 is 34.2 Å². The molecule has 17 heavy (non-hydrogen) atoms. The van der Waals surface area contributed by atoms with Gasteiger partial charge < -0.3 is 4.74 Å². The molecule has 0 bridgehead atoms. The summed E-state index contributed by atoms with van der Waals surface area (Å²) in [5.74, 6) is -1.12. The fourth-order valence-corrected chi connectivity index (χ4v) is 1.82. The molecule has 1 aromatic heterocycles. The van der Waals surface area contributed by atoms with E-state index in [0.717, 1.165) is 6.07 Å². The van der Waals surface area contributed by atoms with Gasteiger partial charge in [-0.05, 0) is 28.7 Å². The Bertz CT molecular complexity index is 412. The van der Waals surface area contributed by atoms with Gasteiger partial charge >= 0.3 is 6.36 Å². The molecular formula is C8H4ClF5INO. The molecule has 0 aliphatic heterocycles. The Labute approximate surface area is 111 Å². The first kappa shape index (κ1) is 14.7. The van der Waals surface area contributed by atoms with E-state index < -0.39 is 30.1 Å². The van der Waals surface area contributed by atoms with Gasteiger partial charge in [-0.15, -0.1) is 24.8 Å². The van der Waals surface area contributed by atoms with Crippen LogP contribution < -0.4 is 4.74 Å². The molecule has 0 saturated carbocycles. The van der Waals surface area contributed by atoms with Gasteiger partial charge in [-0.3, -0.25) is 0 Å². The maximum Gasteiger partial charge on any atom is 0.573 e. The van der Waals surface area contributed by atoms with E-state index in [4.69, 9.17) is 11.6 Å². The van der Waals surface area contributed by atoms with Crippen LogP contribution in [-0.2, 0) is 5.88 Å². The van der Waals surface area contributed by atoms with E-state index in [0.29, 0.717) is 0 Å². The van der Waals surface area contributed by atoms with Gasteiger partial charge in [-0.1, -0.05) is 0 Å². The van der Waals surface area contributed by atoms with Crippen LogP contribution in [0.5, 0.6) is 5.75 Å². The van der Waals surface area contributed by atoms with Gasteiger partial charge in [-0.25, -0.2) is 13.8 Å². The molecule has 0 atom stereocenters. The lowest BCUT2D eigenvalue weighted by atomic mass is 10.3. The zero-order valence-electron chi connectivity index (χ0n) is 7.86. The van der Waals surface area contributed by atoms with Crippen LogP contribution in [0, 0.1) is 3.57 Å². The molecule has 9 heteroatoms. The highest BCUT2D eigenvalue weighted by Gasteiger charge is 2.33. The Morgan fingerprint density at radius 2 is 2.00 bits per heavy atom. The third-order valence-corrected chi connectivity index (χ3v) is 2.72. The molecule has 0 aliphatic carbocycles. The molecule has 1 aromatic rings. The molecule has 96 valence electrons. The SMILES string of the molecule is FC(F)c1nc(CCl)c(OC(F)(F)F)cc1I. The van der Waals surface area contributed by atoms with Crippen molar-refractivity contribution < 1.29 is 26.7 Å². The van der Waals surface area contributed by atoms with Crippen LogP contribution in [0.3, 0.4) is 0 Å². The molecular weight excluding hydrogens is 383 g/mol. The van der Waals surface area contributed by atoms with E-state index in [1.807, 2.05) is 0 Å². The summed E-state index contributed by atoms with van der Waals surface area (Å²) in [5.41, 5.74) is -0.990. The number of hydrogen-bond donors (Lipinski definition) is 0. The van der Waals surface area contributed by atoms with Crippen molar-refractivity contribution in [3.05, 3.63) is 21.0 Å². The van der Waals surface area contributed by atoms with Gasteiger partial charge in [0, 0.05) is 3.57 Å². The normalized spacial score (nSPS) is 12.0. The number of ether oxygens (including phenoxy) is 1. The second-order valence-electron chi connectivity index (χ2n) is 2.78. The largest absolute Gasteiger partial charge is 0.573 e. The van der Waals surface area contributed by atoms with E-state index in [-0.39, 0.29) is 9.26 Å². The lowest BCUT2D eigenvalue weighted by molar-refractivity contribution is -0.275. The van der Waals surface area contributed by atoms with Crippen molar-refractivity contribution in [2.45, 2.75) is 18.7 Å². The summed E-state index contributed by atoms with van der Waals surface area (Å²) in [6, 6.07) is 0.834. The van der Waals surface area contributed by atoms with Gasteiger partial charge in [-0.2, -0.15) is 0 Å². The second-order valence-corrected chi connectivity index (χ2v) is 4.21. The fourth-order valence-electron chi connectivity index (χ4n) is 0.988. The number of nitrogens with zero attached hydrogens (tertiary/aromatic N) is 1. The highest BCUT2D eigenvalue weighted by molar-refractivity contribution is 14.1. The van der Waals surface area contributed by atoms with E-state index in [2.05, 4.69) is 9.72 Å². The highest BCUT2D eigenvalue weighted by atomic mass is 127. The van der Waals surface area contributed by atoms with Crippen molar-refractivity contribution in [2.75, 3.05) is 0 Å². The van der Waals surface area contributed by atoms with Crippen molar-refractivity contribution in [1.29, 1.82) is 0 Å². The van der Waals surface area contributed by atoms with Crippen molar-refractivity contribution in [3.63, 3.8) is 0 Å². The zero-order chi connectivity index (χ0) is 13.2. The van der Waals surface area contributed by atoms with Crippen molar-refractivity contribution in [3.8, 4) is 5.75 Å². The second kappa shape index (κ2) is 5.51. The lowest BCUT2D eigenvalue weighted by Gasteiger charge is -2.13. The Morgan fingerprint density at radius 3 is 2.41 bits per heavy atom. The minimum absolute atomic E-state index is 0.120. The average Bonchev–Trinajstić information content (AvgIpc) is 2.14. The third kappa shape index (κ3) is 4.09. The maximum absolute atomic E-state index is 12.4. The first-order chi connectivity index (χ1) is 7.74. The van der Waals surface area contributed by atoms with Gasteiger partial charge in [0.25, 0.3) is 6.43 Å². The molecule has 0 N–H and O–H groups in total. The molecule has 0 radical (unpaired) electrons. The number of aromatic nitrogens is 1. The number of pyridine rings is 1. The minimum Gasteiger partial charge on any atom is -0.404 e. The molecule has 2 nitrogen and oxygen atoms in total. The molecule has 0 unspecified atom stereocenters. The molecule has 0 saturated heterocycles. The quantitative estimate of drug-likeness (QED) is 0.439. The van der Waals surface area contributed by atoms with Crippen LogP contribution in [0.25, 0.3) is 0 Å². The molecule has 0 spiro atoms. The van der Waals surface area contributed by atoms with Crippen LogP contribution in [0.1, 0.15) is 17.8 Å². The predicted octanol–water partition coefficient (Wildman–Crippen LogP) is 4.26. The first-order valence-electron chi connectivity index (χ1n) is 4.03. The van der Waals surface area contributed by atoms with Crippen LogP contribution in [0.15, 0.2) is 6.07 Å². The molecule has 1 rings (SSSR count). The molecule has 1 heterocycles. The Morgan fingerprint density at radius 1 is 1.41 bits per heavy atom. The smallest absolute Gasteiger partial charge is 0.404 e. The standard InChI is InChI=1S/C8H4ClF5INO/c9-2-4-5(17-8(12,13)14)1-3(15)6(16-4)7(10)11/h1,7H,2H2. The van der Waals surface area contributed by atoms with Crippen LogP contribution in [-0.4, -0.2) is 11.3 Å². The zero-order valence-corrected chi connectivity index (χ0v) is 10.8. The van der Waals surface area contributed by atoms with Crippen LogP contribution >= 0.6 is 34.2 Å². The molecule has 0 fully saturated rings. The predicted molar refractivity (Wildman–Crippen MR) is 58.2 cm³/mol. The van der Waals surface area contributed by atoms with Crippen molar-refractivity contribution in [2.24, 2.45) is 0 Å². The lowest BCUT2D eigenvalue weighted by Crippen LogP contribution is -2.19. The maximum atomic E-state index is 12.4. The minimum atomic E-state index is -4.92. The summed E-state index contributed by atoms with van der Waals surface area (Å²) < 4.78 is 64.4. The summed E-state index contributed by atoms with van der Waals surface area (Å²) >= 11 is 6.79. The third-order valence-electron chi connectivity index (χ3n) is 1.60. The number of hydrogen-bond acceptors (Lipinski definition) is 2. The topological polar surface area (TPSA) is 22.1 Å². The fraction of sp³-hybridized carbons (Fsp3) is 0.375. The van der Waals surface area contributed by atoms with E-state index in [9.17, 15) is 22.0 Å². The highest BCUT2D eigenvalue weighted by Crippen LogP contribution is 2.32. The number of halogens is 7. The van der Waals surface area contributed by atoms with E-state index in [1.165, 1.54) is 22.6 Å². The summed E-state index contributed by atoms with van der Waals surface area (Å²) in [5, 5.41) is 0. The van der Waals surface area contributed by atoms with Crippen LogP contribution in [0.4, 0.5) is 22.0 Å². The van der Waals surface area contributed by atoms with Gasteiger partial charge in [0.05, 0.1) is 11.6 Å². The Kier molecular flexibility index (Phi) is 4.76. The Balaban J connectivity index is 3.19. The Hall–Kier alpha value is -0.380. The molecule has 0 amide bonds. The average molecular weight is 387 g/mol. The van der Waals surface area contributed by atoms with E-state index >= 15 is 0 Å². The summed E-state index contributed by atoms with van der Waals surface area (Å²) in [6.45, 7) is 0. The summed E-state index contributed by atoms with van der Waals surface area (Å²) in [4.78, 5) is 3.36. The monoisotopic (exact) mass is 387 g/mol. The summed E-state index contributed by atoms with van der Waals surface area (Å²) in [7, 11) is 0. The molecule has 0 aromatic carbocycles. The first-order valence-corrected chi connectivity index (χ1v) is 5.65. The number of alkyl halides is 6. The van der Waals surface area contributed by atoms with Crippen LogP contribution in [0.2, 0.25) is 0 Å². The van der Waals surface area contributed by atoms with Gasteiger partial charge in [0.1, 0.15) is 5.69 Å². The van der Waals surface area contributed by atoms with Gasteiger partial charge in [0.15, 0.2) is 5.75 Å². The number of rotatable bonds is 3. The molecule has 0 aliphatic rings. The summed E-state index contributed by atoms with van der Waals surface area (Å²) in [6.07, 6.45) is -7.80. The van der Waals surface area contributed by atoms with Crippen molar-refractivity contribution in [1.82, 2.24) is 4.98 Å². The van der Waals surface area contributed by atoms with Gasteiger partial charge in [0.2, 0.25) is 0 Å².